The average molecular weight is 312 g/mol. The van der Waals surface area contributed by atoms with Crippen LogP contribution in [0.15, 0.2) is 4.99 Å². The van der Waals surface area contributed by atoms with Crippen molar-refractivity contribution in [2.45, 2.75) is 39.8 Å². The highest BCUT2D eigenvalue weighted by Crippen LogP contribution is 2.19. The molecule has 0 bridgehead atoms. The van der Waals surface area contributed by atoms with E-state index in [-0.39, 0.29) is 0 Å². The number of nitrogens with zero attached hydrogens (tertiary/aromatic N) is 2. The van der Waals surface area contributed by atoms with Gasteiger partial charge in [-0.25, -0.2) is 4.79 Å². The van der Waals surface area contributed by atoms with Gasteiger partial charge in [0.25, 0.3) is 0 Å². The molecule has 8 heteroatoms. The predicted molar refractivity (Wildman–Crippen MR) is 73.5 cm³/mol. The largest absolute Gasteiger partial charge is 0.448 e. The van der Waals surface area contributed by atoms with Crippen LogP contribution < -0.4 is 0 Å². The minimum absolute atomic E-state index is 0.426. The molecule has 1 saturated heterocycles. The molecule has 0 N–H and O–H groups in total. The van der Waals surface area contributed by atoms with Crippen LogP contribution in [0.2, 0.25) is 0 Å². The number of alkyl halides is 3. The second-order valence-electron chi connectivity index (χ2n) is 4.45. The van der Waals surface area contributed by atoms with Crippen molar-refractivity contribution in [3.63, 3.8) is 0 Å². The highest BCUT2D eigenvalue weighted by atomic mass is 19.4. The van der Waals surface area contributed by atoms with Gasteiger partial charge in [-0.3, -0.25) is 0 Å². The zero-order chi connectivity index (χ0) is 16.3. The van der Waals surface area contributed by atoms with Crippen LogP contribution in [0.3, 0.4) is 0 Å². The van der Waals surface area contributed by atoms with E-state index < -0.39 is 25.3 Å². The van der Waals surface area contributed by atoms with Crippen molar-refractivity contribution in [2.24, 2.45) is 4.99 Å². The molecule has 0 spiro atoms. The van der Waals surface area contributed by atoms with E-state index in [1.54, 1.807) is 6.92 Å². The molecule has 0 saturated carbocycles. The van der Waals surface area contributed by atoms with Gasteiger partial charge in [0.15, 0.2) is 0 Å². The van der Waals surface area contributed by atoms with Gasteiger partial charge in [-0.1, -0.05) is 20.3 Å². The lowest BCUT2D eigenvalue weighted by molar-refractivity contribution is -0.141. The van der Waals surface area contributed by atoms with E-state index in [2.05, 4.69) is 23.6 Å². The quantitative estimate of drug-likeness (QED) is 0.580. The summed E-state index contributed by atoms with van der Waals surface area (Å²) in [6.45, 7) is 7.43. The van der Waals surface area contributed by atoms with Crippen molar-refractivity contribution in [3.05, 3.63) is 0 Å². The molecule has 1 aliphatic heterocycles. The minimum atomic E-state index is -4.33. The van der Waals surface area contributed by atoms with Gasteiger partial charge in [0, 0.05) is 13.1 Å². The molecule has 1 rings (SSSR count). The first-order valence-corrected chi connectivity index (χ1v) is 6.91. The topological polar surface area (TPSA) is 51.1 Å². The first-order chi connectivity index (χ1) is 9.80. The fraction of sp³-hybridized carbons (Fsp3) is 0.846. The molecule has 0 radical (unpaired) electrons. The minimum Gasteiger partial charge on any atom is -0.448 e. The number of ether oxygens (including phenoxy) is 2. The van der Waals surface area contributed by atoms with Crippen LogP contribution in [0, 0.1) is 0 Å². The summed E-state index contributed by atoms with van der Waals surface area (Å²) < 4.78 is 44.9. The third kappa shape index (κ3) is 11.1. The maximum Gasteiger partial charge on any atom is 0.435 e. The lowest BCUT2D eigenvalue weighted by atomic mass is 10.4. The van der Waals surface area contributed by atoms with Crippen LogP contribution >= 0.6 is 0 Å². The van der Waals surface area contributed by atoms with Crippen molar-refractivity contribution in [3.8, 4) is 0 Å². The molecule has 0 aromatic rings. The molecule has 0 aromatic heterocycles. The Labute approximate surface area is 123 Å². The molecule has 1 amide bonds. The highest BCUT2D eigenvalue weighted by molar-refractivity contribution is 5.90. The van der Waals surface area contributed by atoms with Gasteiger partial charge >= 0.3 is 12.3 Å². The van der Waals surface area contributed by atoms with E-state index in [1.165, 1.54) is 6.42 Å². The number of carbonyl (C=O) groups is 1. The Hall–Kier alpha value is -1.31. The maximum atomic E-state index is 11.8. The van der Waals surface area contributed by atoms with E-state index >= 15 is 0 Å². The van der Waals surface area contributed by atoms with Crippen molar-refractivity contribution < 1.29 is 27.4 Å². The number of halogens is 3. The fourth-order valence-electron chi connectivity index (χ4n) is 1.38. The van der Waals surface area contributed by atoms with Crippen molar-refractivity contribution in [2.75, 3.05) is 32.9 Å². The first-order valence-electron chi connectivity index (χ1n) is 6.91. The van der Waals surface area contributed by atoms with Gasteiger partial charge in [0.2, 0.25) is 0 Å². The molecule has 0 atom stereocenters. The summed E-state index contributed by atoms with van der Waals surface area (Å²) in [5.41, 5.74) is 0. The number of hydrogen-bond donors (Lipinski definition) is 0. The lowest BCUT2D eigenvalue weighted by Crippen LogP contribution is -2.39. The van der Waals surface area contributed by atoms with Gasteiger partial charge in [-0.2, -0.15) is 18.2 Å². The highest BCUT2D eigenvalue weighted by Gasteiger charge is 2.27. The van der Waals surface area contributed by atoms with Gasteiger partial charge in [0.1, 0.15) is 12.4 Å². The van der Waals surface area contributed by atoms with Crippen molar-refractivity contribution in [1.29, 1.82) is 0 Å². The summed E-state index contributed by atoms with van der Waals surface area (Å²) in [6.07, 6.45) is -5.24. The smallest absolute Gasteiger partial charge is 0.435 e. The van der Waals surface area contributed by atoms with Gasteiger partial charge in [0.05, 0.1) is 19.6 Å². The van der Waals surface area contributed by atoms with Crippen molar-refractivity contribution in [1.82, 2.24) is 4.90 Å². The van der Waals surface area contributed by atoms with Crippen LogP contribution in [-0.4, -0.2) is 55.9 Å². The average Bonchev–Trinajstić information content (AvgIpc) is 2.39. The van der Waals surface area contributed by atoms with Gasteiger partial charge in [-0.05, 0) is 6.92 Å². The zero-order valence-electron chi connectivity index (χ0n) is 12.7. The van der Waals surface area contributed by atoms with E-state index in [0.717, 1.165) is 0 Å². The fourth-order valence-corrected chi connectivity index (χ4v) is 1.38. The molecule has 1 fully saturated rings. The summed E-state index contributed by atoms with van der Waals surface area (Å²) in [5, 5.41) is 0. The normalized spacial score (nSPS) is 16.1. The summed E-state index contributed by atoms with van der Waals surface area (Å²) in [5.74, 6) is 0.426. The number of aliphatic imine (C=N–C) groups is 1. The third-order valence-electron chi connectivity index (χ3n) is 2.33. The maximum absolute atomic E-state index is 11.8. The number of morpholine rings is 1. The second-order valence-corrected chi connectivity index (χ2v) is 4.45. The van der Waals surface area contributed by atoms with E-state index in [4.69, 9.17) is 4.74 Å². The van der Waals surface area contributed by atoms with Crippen LogP contribution in [0.25, 0.3) is 0 Å². The molecule has 1 aliphatic rings. The standard InChI is InChI=1S/C10H15F3N2O3.C3H8/c1-8(15-3-6-17-7-4-15)14-9(16)18-5-2-10(11,12)13;1-3-2/h2-7H2,1H3;3H2,1-2H3/b14-8-;. The summed E-state index contributed by atoms with van der Waals surface area (Å²) >= 11 is 0. The molecule has 5 nitrogen and oxygen atoms in total. The zero-order valence-corrected chi connectivity index (χ0v) is 12.7. The van der Waals surface area contributed by atoms with Crippen LogP contribution in [0.4, 0.5) is 18.0 Å². The Morgan fingerprint density at radius 3 is 2.29 bits per heavy atom. The van der Waals surface area contributed by atoms with Crippen LogP contribution in [-0.2, 0) is 9.47 Å². The Morgan fingerprint density at radius 1 is 1.29 bits per heavy atom. The molecular formula is C13H23F3N2O3. The van der Waals surface area contributed by atoms with Crippen LogP contribution in [0.1, 0.15) is 33.6 Å². The molecular weight excluding hydrogens is 289 g/mol. The number of hydrogen-bond acceptors (Lipinski definition) is 3. The van der Waals surface area contributed by atoms with Gasteiger partial charge < -0.3 is 14.4 Å². The number of amides is 1. The second kappa shape index (κ2) is 10.4. The number of carbonyl (C=O) groups excluding carboxylic acids is 1. The van der Waals surface area contributed by atoms with E-state index in [9.17, 15) is 18.0 Å². The molecule has 124 valence electrons. The summed E-state index contributed by atoms with van der Waals surface area (Å²) in [6, 6.07) is 0. The number of rotatable bonds is 2. The predicted octanol–water partition coefficient (Wildman–Crippen LogP) is 3.24. The van der Waals surface area contributed by atoms with E-state index in [1.807, 2.05) is 4.90 Å². The Morgan fingerprint density at radius 2 is 1.81 bits per heavy atom. The van der Waals surface area contributed by atoms with E-state index in [0.29, 0.717) is 32.1 Å². The Kier molecular flexibility index (Phi) is 9.77. The molecule has 0 aromatic carbocycles. The lowest BCUT2D eigenvalue weighted by Gasteiger charge is -2.27. The van der Waals surface area contributed by atoms with Crippen LogP contribution in [0.5, 0.6) is 0 Å². The summed E-state index contributed by atoms with van der Waals surface area (Å²) in [7, 11) is 0. The SMILES string of the molecule is C/C(=N/C(=O)OCCC(F)(F)F)N1CCOCC1.CCC. The molecule has 21 heavy (non-hydrogen) atoms. The Bertz CT molecular complexity index is 327. The molecule has 0 aliphatic carbocycles. The summed E-state index contributed by atoms with van der Waals surface area (Å²) in [4.78, 5) is 16.5. The monoisotopic (exact) mass is 312 g/mol. The number of amidine groups is 1. The molecule has 1 heterocycles. The third-order valence-corrected chi connectivity index (χ3v) is 2.33. The Balaban J connectivity index is 0.00000122. The van der Waals surface area contributed by atoms with Crippen molar-refractivity contribution >= 4 is 11.9 Å². The van der Waals surface area contributed by atoms with Gasteiger partial charge in [-0.15, -0.1) is 0 Å². The molecule has 0 unspecified atom stereocenters. The first kappa shape index (κ1) is 19.7.